The Balaban J connectivity index is 1.63. The fourth-order valence-electron chi connectivity index (χ4n) is 2.71. The van der Waals surface area contributed by atoms with Crippen LogP contribution in [-0.2, 0) is 16.0 Å². The molecule has 0 bridgehead atoms. The van der Waals surface area contributed by atoms with Crippen LogP contribution in [0.1, 0.15) is 29.3 Å². The zero-order chi connectivity index (χ0) is 19.1. The van der Waals surface area contributed by atoms with E-state index in [1.807, 2.05) is 48.7 Å². The lowest BCUT2D eigenvalue weighted by Crippen LogP contribution is -2.12. The van der Waals surface area contributed by atoms with Gasteiger partial charge in [-0.15, -0.1) is 0 Å². The molecule has 1 N–H and O–H groups in total. The number of aryl methyl sites for hydroxylation is 1. The topological polar surface area (TPSA) is 73.2 Å². The van der Waals surface area contributed by atoms with E-state index in [0.29, 0.717) is 12.2 Å². The molecule has 0 aliphatic heterocycles. The first-order valence-electron chi connectivity index (χ1n) is 8.75. The van der Waals surface area contributed by atoms with Crippen molar-refractivity contribution in [3.63, 3.8) is 0 Å². The highest BCUT2D eigenvalue weighted by atomic mass is 16.5. The fourth-order valence-corrected chi connectivity index (χ4v) is 2.71. The Bertz CT molecular complexity index is 920. The molecule has 0 spiro atoms. The quantitative estimate of drug-likeness (QED) is 0.514. The van der Waals surface area contributed by atoms with Gasteiger partial charge in [-0.3, -0.25) is 9.59 Å². The second-order valence-corrected chi connectivity index (χ2v) is 6.10. The molecule has 2 aromatic carbocycles. The van der Waals surface area contributed by atoms with Crippen molar-refractivity contribution in [2.24, 2.45) is 0 Å². The molecule has 138 valence electrons. The first kappa shape index (κ1) is 18.4. The molecule has 0 saturated heterocycles. The zero-order valence-corrected chi connectivity index (χ0v) is 15.1. The molecule has 27 heavy (non-hydrogen) atoms. The number of nitrogens with zero attached hydrogens (tertiary/aromatic N) is 2. The summed E-state index contributed by atoms with van der Waals surface area (Å²) in [7, 11) is 0. The lowest BCUT2D eigenvalue weighted by molar-refractivity contribution is -0.141. The van der Waals surface area contributed by atoms with Crippen molar-refractivity contribution in [3.8, 4) is 5.69 Å². The van der Waals surface area contributed by atoms with Gasteiger partial charge in [0.15, 0.2) is 0 Å². The van der Waals surface area contributed by atoms with E-state index in [9.17, 15) is 9.59 Å². The van der Waals surface area contributed by atoms with Crippen molar-refractivity contribution < 1.29 is 14.3 Å². The summed E-state index contributed by atoms with van der Waals surface area (Å²) in [5, 5.41) is 7.11. The van der Waals surface area contributed by atoms with Gasteiger partial charge in [-0.05, 0) is 54.8 Å². The monoisotopic (exact) mass is 363 g/mol. The maximum Gasteiger partial charge on any atom is 0.302 e. The molecule has 1 heterocycles. The molecule has 0 radical (unpaired) electrons. The highest BCUT2D eigenvalue weighted by molar-refractivity contribution is 6.04. The Morgan fingerprint density at radius 3 is 2.74 bits per heavy atom. The summed E-state index contributed by atoms with van der Waals surface area (Å²) in [5.74, 6) is -0.450. The standard InChI is InChI=1S/C21H21N3O3/c1-16(25)27-13-4-7-17-6-2-9-19(14-17)23-21(26)18-8-3-10-20(15-18)24-12-5-11-22-24/h2-3,5-6,8-12,14-15H,4,7,13H2,1H3,(H,23,26). The van der Waals surface area contributed by atoms with Crippen LogP contribution in [-0.4, -0.2) is 28.3 Å². The molecule has 0 aliphatic rings. The van der Waals surface area contributed by atoms with Crippen molar-refractivity contribution in [2.75, 3.05) is 11.9 Å². The van der Waals surface area contributed by atoms with Gasteiger partial charge in [-0.25, -0.2) is 4.68 Å². The van der Waals surface area contributed by atoms with Crippen LogP contribution in [0.2, 0.25) is 0 Å². The van der Waals surface area contributed by atoms with E-state index in [2.05, 4.69) is 10.4 Å². The van der Waals surface area contributed by atoms with Crippen LogP contribution < -0.4 is 5.32 Å². The van der Waals surface area contributed by atoms with E-state index in [0.717, 1.165) is 29.8 Å². The lowest BCUT2D eigenvalue weighted by Gasteiger charge is -2.09. The minimum atomic E-state index is -0.270. The Hall–Kier alpha value is -3.41. The number of hydrogen-bond donors (Lipinski definition) is 1. The Kier molecular flexibility index (Phi) is 5.99. The molecule has 0 fully saturated rings. The van der Waals surface area contributed by atoms with Gasteiger partial charge in [0.1, 0.15) is 0 Å². The second kappa shape index (κ2) is 8.80. The Morgan fingerprint density at radius 2 is 1.96 bits per heavy atom. The van der Waals surface area contributed by atoms with Crippen LogP contribution in [0.3, 0.4) is 0 Å². The van der Waals surface area contributed by atoms with Gasteiger partial charge in [0.2, 0.25) is 0 Å². The molecule has 3 aromatic rings. The molecule has 6 heteroatoms. The van der Waals surface area contributed by atoms with Crippen LogP contribution >= 0.6 is 0 Å². The molecule has 3 rings (SSSR count). The number of benzene rings is 2. The third kappa shape index (κ3) is 5.28. The predicted molar refractivity (Wildman–Crippen MR) is 103 cm³/mol. The van der Waals surface area contributed by atoms with Gasteiger partial charge >= 0.3 is 5.97 Å². The summed E-state index contributed by atoms with van der Waals surface area (Å²) >= 11 is 0. The first-order chi connectivity index (χ1) is 13.1. The smallest absolute Gasteiger partial charge is 0.302 e. The van der Waals surface area contributed by atoms with E-state index in [1.54, 1.807) is 23.0 Å². The number of ether oxygens (including phenoxy) is 1. The van der Waals surface area contributed by atoms with E-state index < -0.39 is 0 Å². The van der Waals surface area contributed by atoms with Crippen molar-refractivity contribution in [3.05, 3.63) is 78.1 Å². The van der Waals surface area contributed by atoms with Crippen LogP contribution in [0, 0.1) is 0 Å². The molecule has 0 saturated carbocycles. The minimum Gasteiger partial charge on any atom is -0.466 e. The molecule has 0 unspecified atom stereocenters. The number of amides is 1. The largest absolute Gasteiger partial charge is 0.466 e. The average Bonchev–Trinajstić information content (AvgIpc) is 3.20. The number of carbonyl (C=O) groups is 2. The SMILES string of the molecule is CC(=O)OCCCc1cccc(NC(=O)c2cccc(-n3cccn3)c2)c1. The van der Waals surface area contributed by atoms with E-state index in [4.69, 9.17) is 4.74 Å². The van der Waals surface area contributed by atoms with Gasteiger partial charge in [0.25, 0.3) is 5.91 Å². The van der Waals surface area contributed by atoms with Crippen molar-refractivity contribution in [1.29, 1.82) is 0 Å². The van der Waals surface area contributed by atoms with Crippen LogP contribution in [0.25, 0.3) is 5.69 Å². The third-order valence-corrected chi connectivity index (χ3v) is 3.98. The maximum absolute atomic E-state index is 12.6. The molecule has 0 aliphatic carbocycles. The van der Waals surface area contributed by atoms with Gasteiger partial charge < -0.3 is 10.1 Å². The summed E-state index contributed by atoms with van der Waals surface area (Å²) < 4.78 is 6.65. The molecule has 6 nitrogen and oxygen atoms in total. The van der Waals surface area contributed by atoms with Gasteiger partial charge in [0.05, 0.1) is 12.3 Å². The van der Waals surface area contributed by atoms with Gasteiger partial charge in [-0.1, -0.05) is 18.2 Å². The van der Waals surface area contributed by atoms with E-state index in [-0.39, 0.29) is 11.9 Å². The molecular weight excluding hydrogens is 342 g/mol. The molecule has 1 amide bonds. The summed E-state index contributed by atoms with van der Waals surface area (Å²) in [5.41, 5.74) is 3.19. The van der Waals surface area contributed by atoms with Crippen LogP contribution in [0.4, 0.5) is 5.69 Å². The van der Waals surface area contributed by atoms with E-state index >= 15 is 0 Å². The summed E-state index contributed by atoms with van der Waals surface area (Å²) in [6, 6.07) is 16.8. The average molecular weight is 363 g/mol. The Labute approximate surface area is 157 Å². The highest BCUT2D eigenvalue weighted by Gasteiger charge is 2.08. The first-order valence-corrected chi connectivity index (χ1v) is 8.75. The normalized spacial score (nSPS) is 10.4. The molecule has 0 atom stereocenters. The van der Waals surface area contributed by atoms with Crippen molar-refractivity contribution in [1.82, 2.24) is 9.78 Å². The fraction of sp³-hybridized carbons (Fsp3) is 0.190. The summed E-state index contributed by atoms with van der Waals surface area (Å²) in [6.07, 6.45) is 5.03. The summed E-state index contributed by atoms with van der Waals surface area (Å²) in [6.45, 7) is 1.80. The number of hydrogen-bond acceptors (Lipinski definition) is 4. The van der Waals surface area contributed by atoms with Crippen LogP contribution in [0.5, 0.6) is 0 Å². The number of carbonyl (C=O) groups excluding carboxylic acids is 2. The summed E-state index contributed by atoms with van der Waals surface area (Å²) in [4.78, 5) is 23.4. The number of rotatable bonds is 7. The molecule has 1 aromatic heterocycles. The zero-order valence-electron chi connectivity index (χ0n) is 15.1. The number of anilines is 1. The van der Waals surface area contributed by atoms with Gasteiger partial charge in [0, 0.05) is 30.6 Å². The predicted octanol–water partition coefficient (Wildman–Crippen LogP) is 3.62. The number of nitrogens with one attached hydrogen (secondary N) is 1. The minimum absolute atomic E-state index is 0.180. The van der Waals surface area contributed by atoms with Crippen LogP contribution in [0.15, 0.2) is 67.0 Å². The lowest BCUT2D eigenvalue weighted by atomic mass is 10.1. The Morgan fingerprint density at radius 1 is 1.11 bits per heavy atom. The second-order valence-electron chi connectivity index (χ2n) is 6.10. The van der Waals surface area contributed by atoms with E-state index in [1.165, 1.54) is 6.92 Å². The third-order valence-electron chi connectivity index (χ3n) is 3.98. The van der Waals surface area contributed by atoms with Gasteiger partial charge in [-0.2, -0.15) is 5.10 Å². The van der Waals surface area contributed by atoms with Crippen molar-refractivity contribution >= 4 is 17.6 Å². The maximum atomic E-state index is 12.6. The van der Waals surface area contributed by atoms with Crippen molar-refractivity contribution in [2.45, 2.75) is 19.8 Å². The number of aromatic nitrogens is 2. The molecular formula is C21H21N3O3. The number of esters is 1. The highest BCUT2D eigenvalue weighted by Crippen LogP contribution is 2.15.